The molecule has 0 bridgehead atoms. The van der Waals surface area contributed by atoms with Crippen molar-refractivity contribution in [2.24, 2.45) is 0 Å². The van der Waals surface area contributed by atoms with Gasteiger partial charge in [0.1, 0.15) is 12.1 Å². The number of carbonyl (C=O) groups is 1. The summed E-state index contributed by atoms with van der Waals surface area (Å²) in [6.07, 6.45) is 3.30. The molecule has 34 heavy (non-hydrogen) atoms. The minimum atomic E-state index is -0.640. The quantitative estimate of drug-likeness (QED) is 0.383. The molecular weight excluding hydrogens is 432 g/mol. The van der Waals surface area contributed by atoms with Gasteiger partial charge >= 0.3 is 5.76 Å². The molecule has 0 saturated heterocycles. The van der Waals surface area contributed by atoms with Gasteiger partial charge in [-0.3, -0.25) is 18.9 Å². The number of benzene rings is 2. The van der Waals surface area contributed by atoms with Crippen LogP contribution in [-0.4, -0.2) is 26.0 Å². The number of aldehydes is 1. The Morgan fingerprint density at radius 2 is 1.88 bits per heavy atom. The predicted octanol–water partition coefficient (Wildman–Crippen LogP) is 3.69. The number of unbranched alkanes of at least 4 members (excludes halogenated alkanes) is 1. The van der Waals surface area contributed by atoms with Gasteiger partial charge in [0.2, 0.25) is 0 Å². The minimum Gasteiger partial charge on any atom is -0.303 e. The van der Waals surface area contributed by atoms with Crippen molar-refractivity contribution in [3.63, 3.8) is 0 Å². The molecule has 2 heterocycles. The van der Waals surface area contributed by atoms with Crippen molar-refractivity contribution in [3.05, 3.63) is 92.1 Å². The molecule has 0 radical (unpaired) electrons. The molecule has 2 aromatic carbocycles. The Kier molecular flexibility index (Phi) is 6.96. The smallest absolute Gasteiger partial charge is 0.303 e. The highest BCUT2D eigenvalue weighted by molar-refractivity contribution is 5.80. The van der Waals surface area contributed by atoms with Crippen molar-refractivity contribution in [1.82, 2.24) is 19.7 Å². The Labute approximate surface area is 196 Å². The topological polar surface area (TPSA) is 111 Å². The highest BCUT2D eigenvalue weighted by atomic mass is 16.5. The Morgan fingerprint density at radius 3 is 2.56 bits per heavy atom. The fourth-order valence-electron chi connectivity index (χ4n) is 4.05. The van der Waals surface area contributed by atoms with Crippen molar-refractivity contribution >= 4 is 6.29 Å². The number of aromatic nitrogens is 4. The second-order valence-corrected chi connectivity index (χ2v) is 8.15. The van der Waals surface area contributed by atoms with E-state index in [1.165, 1.54) is 0 Å². The maximum absolute atomic E-state index is 13.3. The van der Waals surface area contributed by atoms with E-state index in [2.05, 4.69) is 22.0 Å². The van der Waals surface area contributed by atoms with Gasteiger partial charge in [-0.25, -0.2) is 9.78 Å². The van der Waals surface area contributed by atoms with E-state index in [1.54, 1.807) is 11.5 Å². The Balaban J connectivity index is 1.83. The van der Waals surface area contributed by atoms with Crippen LogP contribution in [-0.2, 0) is 24.2 Å². The summed E-state index contributed by atoms with van der Waals surface area (Å²) in [5.41, 5.74) is 4.16. The van der Waals surface area contributed by atoms with E-state index in [1.807, 2.05) is 48.5 Å². The molecule has 0 aliphatic carbocycles. The summed E-state index contributed by atoms with van der Waals surface area (Å²) in [4.78, 5) is 43.4. The molecule has 8 nitrogen and oxygen atoms in total. The largest absolute Gasteiger partial charge is 0.439 e. The lowest BCUT2D eigenvalue weighted by Gasteiger charge is -2.16. The van der Waals surface area contributed by atoms with Crippen molar-refractivity contribution < 1.29 is 9.32 Å². The molecule has 0 atom stereocenters. The summed E-state index contributed by atoms with van der Waals surface area (Å²) in [7, 11) is 0. The number of carbonyl (C=O) groups excluding carboxylic acids is 1. The number of aryl methyl sites for hydroxylation is 2. The SMILES string of the molecule is CCCCc1nc(C)c(CC=O)c(=O)n1Cc1ccc(-c2ccccc2)c(-c2noc(=O)[nH]2)c1. The van der Waals surface area contributed by atoms with Crippen LogP contribution in [0, 0.1) is 6.92 Å². The fourth-order valence-corrected chi connectivity index (χ4v) is 4.05. The van der Waals surface area contributed by atoms with Gasteiger partial charge in [-0.05, 0) is 36.1 Å². The lowest BCUT2D eigenvalue weighted by molar-refractivity contribution is -0.107. The third kappa shape index (κ3) is 4.80. The van der Waals surface area contributed by atoms with Crippen LogP contribution in [0.15, 0.2) is 62.6 Å². The fraction of sp³-hybridized carbons (Fsp3) is 0.269. The van der Waals surface area contributed by atoms with E-state index < -0.39 is 5.76 Å². The number of rotatable bonds is 9. The molecule has 0 fully saturated rings. The van der Waals surface area contributed by atoms with Crippen LogP contribution in [0.5, 0.6) is 0 Å². The van der Waals surface area contributed by atoms with Crippen LogP contribution in [0.2, 0.25) is 0 Å². The van der Waals surface area contributed by atoms with E-state index >= 15 is 0 Å². The molecule has 0 aliphatic rings. The van der Waals surface area contributed by atoms with Gasteiger partial charge in [0, 0.05) is 29.7 Å². The van der Waals surface area contributed by atoms with E-state index in [-0.39, 0.29) is 18.5 Å². The highest BCUT2D eigenvalue weighted by Gasteiger charge is 2.17. The van der Waals surface area contributed by atoms with Crippen molar-refractivity contribution in [2.75, 3.05) is 0 Å². The van der Waals surface area contributed by atoms with Gasteiger partial charge in [0.15, 0.2) is 5.82 Å². The number of hydrogen-bond acceptors (Lipinski definition) is 6. The lowest BCUT2D eigenvalue weighted by atomic mass is 9.97. The first kappa shape index (κ1) is 23.1. The van der Waals surface area contributed by atoms with Crippen LogP contribution >= 0.6 is 0 Å². The molecule has 0 saturated carbocycles. The molecular formula is C26H26N4O4. The van der Waals surface area contributed by atoms with E-state index in [0.29, 0.717) is 34.9 Å². The monoisotopic (exact) mass is 458 g/mol. The Morgan fingerprint density at radius 1 is 1.09 bits per heavy atom. The van der Waals surface area contributed by atoms with Crippen LogP contribution in [0.3, 0.4) is 0 Å². The van der Waals surface area contributed by atoms with Crippen molar-refractivity contribution in [3.8, 4) is 22.5 Å². The Hall–Kier alpha value is -4.07. The minimum absolute atomic E-state index is 0.0318. The molecule has 2 aromatic heterocycles. The number of nitrogens with one attached hydrogen (secondary N) is 1. The van der Waals surface area contributed by atoms with Gasteiger partial charge in [-0.15, -0.1) is 0 Å². The zero-order valence-corrected chi connectivity index (χ0v) is 19.2. The Bertz CT molecular complexity index is 1420. The number of hydrogen-bond donors (Lipinski definition) is 1. The average molecular weight is 459 g/mol. The number of H-pyrrole nitrogens is 1. The normalized spacial score (nSPS) is 11.0. The van der Waals surface area contributed by atoms with Crippen LogP contribution in [0.1, 0.15) is 42.4 Å². The van der Waals surface area contributed by atoms with Crippen molar-refractivity contribution in [2.45, 2.75) is 46.1 Å². The summed E-state index contributed by atoms with van der Waals surface area (Å²) < 4.78 is 6.39. The first-order chi connectivity index (χ1) is 16.5. The summed E-state index contributed by atoms with van der Waals surface area (Å²) in [6, 6.07) is 15.5. The zero-order chi connectivity index (χ0) is 24.1. The molecule has 0 unspecified atom stereocenters. The summed E-state index contributed by atoms with van der Waals surface area (Å²) in [6.45, 7) is 4.14. The third-order valence-corrected chi connectivity index (χ3v) is 5.79. The lowest BCUT2D eigenvalue weighted by Crippen LogP contribution is -2.30. The van der Waals surface area contributed by atoms with Gasteiger partial charge in [-0.2, -0.15) is 0 Å². The van der Waals surface area contributed by atoms with Gasteiger partial charge < -0.3 is 4.79 Å². The molecule has 4 rings (SSSR count). The molecule has 4 aromatic rings. The van der Waals surface area contributed by atoms with Crippen LogP contribution in [0.4, 0.5) is 0 Å². The molecule has 0 amide bonds. The van der Waals surface area contributed by atoms with Gasteiger partial charge in [-0.1, -0.05) is 61.0 Å². The van der Waals surface area contributed by atoms with E-state index in [0.717, 1.165) is 35.8 Å². The first-order valence-corrected chi connectivity index (χ1v) is 11.3. The van der Waals surface area contributed by atoms with Gasteiger partial charge in [0.05, 0.1) is 6.54 Å². The van der Waals surface area contributed by atoms with Gasteiger partial charge in [0.25, 0.3) is 5.56 Å². The maximum atomic E-state index is 13.3. The van der Waals surface area contributed by atoms with Crippen molar-refractivity contribution in [1.29, 1.82) is 0 Å². The summed E-state index contributed by atoms with van der Waals surface area (Å²) in [5, 5.41) is 3.88. The molecule has 174 valence electrons. The molecule has 0 spiro atoms. The second-order valence-electron chi connectivity index (χ2n) is 8.15. The number of aromatic amines is 1. The number of nitrogens with zero attached hydrogens (tertiary/aromatic N) is 3. The second kappa shape index (κ2) is 10.2. The average Bonchev–Trinajstić information content (AvgIpc) is 3.29. The summed E-state index contributed by atoms with van der Waals surface area (Å²) >= 11 is 0. The predicted molar refractivity (Wildman–Crippen MR) is 129 cm³/mol. The van der Waals surface area contributed by atoms with Crippen LogP contribution < -0.4 is 11.3 Å². The third-order valence-electron chi connectivity index (χ3n) is 5.79. The molecule has 1 N–H and O–H groups in total. The van der Waals surface area contributed by atoms with E-state index in [4.69, 9.17) is 4.52 Å². The maximum Gasteiger partial charge on any atom is 0.439 e. The standard InChI is InChI=1S/C26H26N4O4/c1-3-4-10-23-27-17(2)20(13-14-31)25(32)30(23)16-18-11-12-21(19-8-6-5-7-9-19)22(15-18)24-28-26(33)34-29-24/h5-9,11-12,14-15H,3-4,10,13,16H2,1-2H3,(H,28,29,33). The summed E-state index contributed by atoms with van der Waals surface area (Å²) in [5.74, 6) is 0.370. The molecule has 8 heteroatoms. The van der Waals surface area contributed by atoms with Crippen LogP contribution in [0.25, 0.3) is 22.5 Å². The molecule has 0 aliphatic heterocycles. The van der Waals surface area contributed by atoms with E-state index in [9.17, 15) is 14.4 Å². The highest BCUT2D eigenvalue weighted by Crippen LogP contribution is 2.31. The zero-order valence-electron chi connectivity index (χ0n) is 19.2. The first-order valence-electron chi connectivity index (χ1n) is 11.3.